The highest BCUT2D eigenvalue weighted by atomic mass is 32.2. The largest absolute Gasteiger partial charge is 0.300 e. The van der Waals surface area contributed by atoms with Gasteiger partial charge in [0.1, 0.15) is 5.78 Å². The molecule has 4 heteroatoms. The lowest BCUT2D eigenvalue weighted by molar-refractivity contribution is -0.120. The van der Waals surface area contributed by atoms with Crippen LogP contribution in [0.2, 0.25) is 0 Å². The summed E-state index contributed by atoms with van der Waals surface area (Å²) in [6.45, 7) is 5.21. The van der Waals surface area contributed by atoms with Crippen molar-refractivity contribution in [2.24, 2.45) is 0 Å². The number of carbonyl (C=O) groups excluding carboxylic acids is 1. The molecule has 3 nitrogen and oxygen atoms in total. The van der Waals surface area contributed by atoms with Crippen LogP contribution in [0.5, 0.6) is 0 Å². The lowest BCUT2D eigenvalue weighted by Gasteiger charge is -2.25. The van der Waals surface area contributed by atoms with Gasteiger partial charge in [-0.05, 0) is 13.8 Å². The zero-order valence-electron chi connectivity index (χ0n) is 7.58. The molecule has 1 heterocycles. The van der Waals surface area contributed by atoms with E-state index in [0.717, 1.165) is 0 Å². The summed E-state index contributed by atoms with van der Waals surface area (Å²) < 4.78 is 13.4. The Morgan fingerprint density at radius 1 is 1.33 bits per heavy atom. The van der Waals surface area contributed by atoms with Crippen LogP contribution in [0.25, 0.3) is 0 Å². The van der Waals surface area contributed by atoms with E-state index in [1.54, 1.807) is 0 Å². The number of carbonyl (C=O) groups is 1. The van der Waals surface area contributed by atoms with Gasteiger partial charge in [0, 0.05) is 31.2 Å². The first-order valence-electron chi connectivity index (χ1n) is 4.28. The fourth-order valence-electron chi connectivity index (χ4n) is 1.21. The van der Waals surface area contributed by atoms with Crippen molar-refractivity contribution in [2.75, 3.05) is 13.1 Å². The molecule has 1 fully saturated rings. The zero-order chi connectivity index (χ0) is 9.14. The van der Waals surface area contributed by atoms with Crippen molar-refractivity contribution in [3.05, 3.63) is 0 Å². The number of nitrogens with zero attached hydrogens (tertiary/aromatic N) is 1. The third-order valence-electron chi connectivity index (χ3n) is 1.94. The Morgan fingerprint density at radius 2 is 1.83 bits per heavy atom. The highest BCUT2D eigenvalue weighted by molar-refractivity contribution is 7.83. The first-order chi connectivity index (χ1) is 5.61. The molecule has 70 valence electrons. The molecule has 0 aromatic heterocycles. The van der Waals surface area contributed by atoms with Crippen molar-refractivity contribution < 1.29 is 9.00 Å². The minimum atomic E-state index is -0.892. The molecule has 0 N–H and O–H groups in total. The summed E-state index contributed by atoms with van der Waals surface area (Å²) in [6, 6.07) is 0. The zero-order valence-corrected chi connectivity index (χ0v) is 8.39. The third-order valence-corrected chi connectivity index (χ3v) is 3.62. The molecule has 0 aromatic carbocycles. The van der Waals surface area contributed by atoms with E-state index in [2.05, 4.69) is 0 Å². The molecule has 0 radical (unpaired) electrons. The predicted octanol–water partition coefficient (Wildman–Crippen LogP) is 0.723. The van der Waals surface area contributed by atoms with Crippen LogP contribution in [-0.4, -0.2) is 32.6 Å². The maximum atomic E-state index is 11.5. The predicted molar refractivity (Wildman–Crippen MR) is 49.1 cm³/mol. The second kappa shape index (κ2) is 4.14. The van der Waals surface area contributed by atoms with Gasteiger partial charge in [-0.25, -0.2) is 8.51 Å². The number of ketones is 1. The molecule has 1 unspecified atom stereocenters. The Bertz CT molecular complexity index is 193. The van der Waals surface area contributed by atoms with Crippen LogP contribution in [-0.2, 0) is 15.8 Å². The highest BCUT2D eigenvalue weighted by Gasteiger charge is 2.21. The lowest BCUT2D eigenvalue weighted by Crippen LogP contribution is -2.38. The normalized spacial score (nSPS) is 23.1. The molecular weight excluding hydrogens is 174 g/mol. The average molecular weight is 189 g/mol. The molecule has 1 rings (SSSR count). The van der Waals surface area contributed by atoms with Gasteiger partial charge in [-0.15, -0.1) is 0 Å². The second-order valence-electron chi connectivity index (χ2n) is 3.29. The molecule has 0 bridgehead atoms. The first kappa shape index (κ1) is 9.86. The van der Waals surface area contributed by atoms with Gasteiger partial charge < -0.3 is 0 Å². The molecule has 0 spiro atoms. The molecule has 0 amide bonds. The van der Waals surface area contributed by atoms with Gasteiger partial charge >= 0.3 is 0 Å². The molecule has 0 aromatic rings. The Balaban J connectivity index is 2.44. The molecule has 1 atom stereocenters. The lowest BCUT2D eigenvalue weighted by atomic mass is 10.1. The van der Waals surface area contributed by atoms with E-state index >= 15 is 0 Å². The van der Waals surface area contributed by atoms with Gasteiger partial charge in [0.25, 0.3) is 0 Å². The van der Waals surface area contributed by atoms with Crippen molar-refractivity contribution in [3.63, 3.8) is 0 Å². The van der Waals surface area contributed by atoms with Crippen LogP contribution in [0.4, 0.5) is 0 Å². The van der Waals surface area contributed by atoms with Crippen LogP contribution < -0.4 is 0 Å². The Kier molecular flexibility index (Phi) is 3.40. The van der Waals surface area contributed by atoms with E-state index in [-0.39, 0.29) is 5.25 Å². The molecule has 1 aliphatic heterocycles. The van der Waals surface area contributed by atoms with E-state index in [1.165, 1.54) is 0 Å². The second-order valence-corrected chi connectivity index (χ2v) is 5.30. The van der Waals surface area contributed by atoms with E-state index in [1.807, 2.05) is 18.2 Å². The standard InChI is InChI=1S/C8H15NO2S/c1-7(2)12(11)9-5-3-8(10)4-6-9/h7H,3-6H2,1-2H3. The van der Waals surface area contributed by atoms with Gasteiger partial charge in [-0.1, -0.05) is 0 Å². The molecule has 0 saturated carbocycles. The van der Waals surface area contributed by atoms with Gasteiger partial charge in [0.05, 0.1) is 11.0 Å². The van der Waals surface area contributed by atoms with Crippen molar-refractivity contribution >= 4 is 16.8 Å². The van der Waals surface area contributed by atoms with Crippen LogP contribution >= 0.6 is 0 Å². The molecule has 0 aliphatic carbocycles. The fourth-order valence-corrected chi connectivity index (χ4v) is 2.35. The van der Waals surface area contributed by atoms with E-state index in [4.69, 9.17) is 0 Å². The smallest absolute Gasteiger partial charge is 0.135 e. The van der Waals surface area contributed by atoms with Gasteiger partial charge in [0.2, 0.25) is 0 Å². The van der Waals surface area contributed by atoms with Crippen LogP contribution in [0.15, 0.2) is 0 Å². The summed E-state index contributed by atoms with van der Waals surface area (Å²) in [5.74, 6) is 0.298. The summed E-state index contributed by atoms with van der Waals surface area (Å²) in [6.07, 6.45) is 1.14. The van der Waals surface area contributed by atoms with Crippen molar-refractivity contribution in [1.29, 1.82) is 0 Å². The minimum absolute atomic E-state index is 0.165. The first-order valence-corrected chi connectivity index (χ1v) is 5.45. The number of piperidine rings is 1. The number of Topliss-reactive ketones (excluding diaryl/α,β-unsaturated/α-hetero) is 1. The topological polar surface area (TPSA) is 37.4 Å². The SMILES string of the molecule is CC(C)S(=O)N1CCC(=O)CC1. The van der Waals surface area contributed by atoms with Gasteiger partial charge in [0.15, 0.2) is 0 Å². The van der Waals surface area contributed by atoms with Crippen molar-refractivity contribution in [1.82, 2.24) is 4.31 Å². The van der Waals surface area contributed by atoms with Gasteiger partial charge in [-0.2, -0.15) is 0 Å². The molecular formula is C8H15NO2S. The number of hydrogen-bond acceptors (Lipinski definition) is 2. The van der Waals surface area contributed by atoms with Crippen LogP contribution in [0.1, 0.15) is 26.7 Å². The average Bonchev–Trinajstić information content (AvgIpc) is 2.04. The highest BCUT2D eigenvalue weighted by Crippen LogP contribution is 2.10. The van der Waals surface area contributed by atoms with Crippen molar-refractivity contribution in [2.45, 2.75) is 31.9 Å². The van der Waals surface area contributed by atoms with E-state index in [9.17, 15) is 9.00 Å². The quantitative estimate of drug-likeness (QED) is 0.642. The van der Waals surface area contributed by atoms with Crippen molar-refractivity contribution in [3.8, 4) is 0 Å². The molecule has 12 heavy (non-hydrogen) atoms. The summed E-state index contributed by atoms with van der Waals surface area (Å²) in [5, 5.41) is 0.165. The maximum absolute atomic E-state index is 11.5. The van der Waals surface area contributed by atoms with Crippen LogP contribution in [0.3, 0.4) is 0 Å². The molecule has 1 saturated heterocycles. The number of rotatable bonds is 2. The summed E-state index contributed by atoms with van der Waals surface area (Å²) in [4.78, 5) is 10.9. The van der Waals surface area contributed by atoms with E-state index < -0.39 is 11.0 Å². The Labute approximate surface area is 75.7 Å². The molecule has 1 aliphatic rings. The third kappa shape index (κ3) is 2.38. The summed E-state index contributed by atoms with van der Waals surface area (Å²) in [7, 11) is -0.892. The maximum Gasteiger partial charge on any atom is 0.135 e. The summed E-state index contributed by atoms with van der Waals surface area (Å²) in [5.41, 5.74) is 0. The van der Waals surface area contributed by atoms with Crippen LogP contribution in [0, 0.1) is 0 Å². The summed E-state index contributed by atoms with van der Waals surface area (Å²) >= 11 is 0. The monoisotopic (exact) mass is 189 g/mol. The Hall–Kier alpha value is -0.220. The van der Waals surface area contributed by atoms with Gasteiger partial charge in [-0.3, -0.25) is 4.79 Å². The number of hydrogen-bond donors (Lipinski definition) is 0. The Morgan fingerprint density at radius 3 is 2.25 bits per heavy atom. The fraction of sp³-hybridized carbons (Fsp3) is 0.875. The van der Waals surface area contributed by atoms with E-state index in [0.29, 0.717) is 31.7 Å². The minimum Gasteiger partial charge on any atom is -0.300 e.